The number of benzene rings is 2. The van der Waals surface area contributed by atoms with Crippen molar-refractivity contribution in [1.29, 1.82) is 0 Å². The van der Waals surface area contributed by atoms with Crippen molar-refractivity contribution in [2.24, 2.45) is 0 Å². The van der Waals surface area contributed by atoms with Crippen molar-refractivity contribution >= 4 is 38.9 Å². The predicted octanol–water partition coefficient (Wildman–Crippen LogP) is 3.24. The topological polar surface area (TPSA) is 78.5 Å². The highest BCUT2D eigenvalue weighted by atomic mass is 35.5. The molecule has 0 aromatic heterocycles. The maximum absolute atomic E-state index is 12.5. The minimum Gasteiger partial charge on any atom is -0.372 e. The summed E-state index contributed by atoms with van der Waals surface area (Å²) in [4.78, 5) is 14.8. The molecule has 0 unspecified atom stereocenters. The zero-order valence-corrected chi connectivity index (χ0v) is 16.6. The summed E-state index contributed by atoms with van der Waals surface area (Å²) in [5.41, 5.74) is 2.69. The van der Waals surface area contributed by atoms with Gasteiger partial charge in [0, 0.05) is 31.0 Å². The van der Waals surface area contributed by atoms with Crippen molar-refractivity contribution in [3.05, 3.63) is 58.6 Å². The normalized spacial score (nSPS) is 14.2. The monoisotopic (exact) mass is 407 g/mol. The van der Waals surface area contributed by atoms with Crippen molar-refractivity contribution in [1.82, 2.24) is 5.32 Å². The van der Waals surface area contributed by atoms with Crippen LogP contribution in [0.5, 0.6) is 0 Å². The Hall–Kier alpha value is -2.25. The Morgan fingerprint density at radius 3 is 2.41 bits per heavy atom. The number of carbonyl (C=O) groups excluding carboxylic acids is 1. The number of amides is 1. The number of nitrogens with one attached hydrogen (secondary N) is 2. The second-order valence-corrected chi connectivity index (χ2v) is 8.77. The molecule has 1 saturated heterocycles. The molecular weight excluding hydrogens is 386 g/mol. The van der Waals surface area contributed by atoms with Crippen molar-refractivity contribution in [3.8, 4) is 0 Å². The Labute approximate surface area is 164 Å². The van der Waals surface area contributed by atoms with E-state index < -0.39 is 10.0 Å². The van der Waals surface area contributed by atoms with E-state index in [-0.39, 0.29) is 16.5 Å². The lowest BCUT2D eigenvalue weighted by Gasteiger charge is -2.17. The van der Waals surface area contributed by atoms with Gasteiger partial charge in [0.05, 0.1) is 16.8 Å². The van der Waals surface area contributed by atoms with Crippen molar-refractivity contribution in [2.45, 2.75) is 19.4 Å². The number of carbonyl (C=O) groups is 1. The first-order chi connectivity index (χ1) is 12.8. The molecule has 0 aliphatic carbocycles. The van der Waals surface area contributed by atoms with Crippen LogP contribution in [0.4, 0.5) is 11.4 Å². The van der Waals surface area contributed by atoms with E-state index in [2.05, 4.69) is 27.1 Å². The molecule has 8 heteroatoms. The fourth-order valence-corrected chi connectivity index (χ4v) is 3.81. The van der Waals surface area contributed by atoms with Crippen molar-refractivity contribution < 1.29 is 13.2 Å². The molecular formula is C19H22ClN3O3S. The molecule has 2 aromatic carbocycles. The third-order valence-electron chi connectivity index (χ3n) is 4.37. The van der Waals surface area contributed by atoms with Gasteiger partial charge in [-0.05, 0) is 48.7 Å². The summed E-state index contributed by atoms with van der Waals surface area (Å²) in [5, 5.41) is 3.08. The number of rotatable bonds is 6. The molecule has 0 radical (unpaired) electrons. The smallest absolute Gasteiger partial charge is 0.253 e. The van der Waals surface area contributed by atoms with E-state index in [9.17, 15) is 13.2 Å². The van der Waals surface area contributed by atoms with Crippen LogP contribution in [0.1, 0.15) is 28.8 Å². The lowest BCUT2D eigenvalue weighted by Crippen LogP contribution is -2.23. The van der Waals surface area contributed by atoms with Gasteiger partial charge < -0.3 is 10.2 Å². The van der Waals surface area contributed by atoms with E-state index in [1.807, 2.05) is 12.1 Å². The average Bonchev–Trinajstić information content (AvgIpc) is 3.15. The molecule has 1 aliphatic heterocycles. The number of sulfonamides is 1. The summed E-state index contributed by atoms with van der Waals surface area (Å²) in [5.74, 6) is -0.360. The molecule has 27 heavy (non-hydrogen) atoms. The van der Waals surface area contributed by atoms with Gasteiger partial charge in [0.25, 0.3) is 5.91 Å². The van der Waals surface area contributed by atoms with Gasteiger partial charge in [0.15, 0.2) is 0 Å². The summed E-state index contributed by atoms with van der Waals surface area (Å²) in [6.07, 6.45) is 3.50. The van der Waals surface area contributed by atoms with Crippen molar-refractivity contribution in [3.63, 3.8) is 0 Å². The predicted molar refractivity (Wildman–Crippen MR) is 109 cm³/mol. The number of hydrogen-bond donors (Lipinski definition) is 2. The van der Waals surface area contributed by atoms with Crippen LogP contribution in [0, 0.1) is 0 Å². The Kier molecular flexibility index (Phi) is 5.92. The molecule has 1 fully saturated rings. The van der Waals surface area contributed by atoms with Crippen LogP contribution in [-0.2, 0) is 16.6 Å². The molecule has 1 amide bonds. The molecule has 3 rings (SSSR count). The van der Waals surface area contributed by atoms with Gasteiger partial charge in [0.1, 0.15) is 0 Å². The van der Waals surface area contributed by atoms with Crippen LogP contribution in [0.3, 0.4) is 0 Å². The van der Waals surface area contributed by atoms with Crippen LogP contribution in [0.2, 0.25) is 5.02 Å². The van der Waals surface area contributed by atoms with E-state index >= 15 is 0 Å². The highest BCUT2D eigenvalue weighted by Gasteiger charge is 2.14. The summed E-state index contributed by atoms with van der Waals surface area (Å²) in [6.45, 7) is 2.54. The molecule has 1 aliphatic rings. The fourth-order valence-electron chi connectivity index (χ4n) is 3.05. The first kappa shape index (κ1) is 19.5. The number of nitrogens with zero attached hydrogens (tertiary/aromatic N) is 1. The largest absolute Gasteiger partial charge is 0.372 e. The van der Waals surface area contributed by atoms with Crippen LogP contribution < -0.4 is 14.9 Å². The van der Waals surface area contributed by atoms with Gasteiger partial charge in [-0.1, -0.05) is 23.7 Å². The molecule has 2 aromatic rings. The van der Waals surface area contributed by atoms with Crippen LogP contribution >= 0.6 is 11.6 Å². The summed E-state index contributed by atoms with van der Waals surface area (Å²) in [7, 11) is -3.43. The van der Waals surface area contributed by atoms with Gasteiger partial charge in [-0.3, -0.25) is 9.52 Å². The molecule has 0 spiro atoms. The Morgan fingerprint density at radius 1 is 1.11 bits per heavy atom. The quantitative estimate of drug-likeness (QED) is 0.770. The third-order valence-corrected chi connectivity index (χ3v) is 5.31. The SMILES string of the molecule is CS(=O)(=O)Nc1ccc(Cl)c(C(=O)NCc2ccc(N3CCCC3)cc2)c1. The molecule has 1 heterocycles. The molecule has 0 atom stereocenters. The Balaban J connectivity index is 1.64. The number of halogens is 1. The lowest BCUT2D eigenvalue weighted by atomic mass is 10.1. The second kappa shape index (κ2) is 8.19. The summed E-state index contributed by atoms with van der Waals surface area (Å²) >= 11 is 6.09. The van der Waals surface area contributed by atoms with E-state index in [1.165, 1.54) is 36.7 Å². The van der Waals surface area contributed by atoms with E-state index in [1.54, 1.807) is 0 Å². The zero-order chi connectivity index (χ0) is 19.4. The summed E-state index contributed by atoms with van der Waals surface area (Å²) in [6, 6.07) is 12.6. The van der Waals surface area contributed by atoms with Gasteiger partial charge in [-0.25, -0.2) is 8.42 Å². The van der Waals surface area contributed by atoms with Gasteiger partial charge in [-0.15, -0.1) is 0 Å². The van der Waals surface area contributed by atoms with Crippen molar-refractivity contribution in [2.75, 3.05) is 29.0 Å². The maximum Gasteiger partial charge on any atom is 0.253 e. The standard InChI is InChI=1S/C19H22ClN3O3S/c1-27(25,26)22-15-6-9-18(20)17(12-15)19(24)21-13-14-4-7-16(8-5-14)23-10-2-3-11-23/h4-9,12,22H,2-3,10-11,13H2,1H3,(H,21,24). The van der Waals surface area contributed by atoms with Gasteiger partial charge in [0.2, 0.25) is 10.0 Å². The number of anilines is 2. The highest BCUT2D eigenvalue weighted by Crippen LogP contribution is 2.22. The third kappa shape index (κ3) is 5.37. The molecule has 0 saturated carbocycles. The van der Waals surface area contributed by atoms with Gasteiger partial charge in [-0.2, -0.15) is 0 Å². The maximum atomic E-state index is 12.5. The fraction of sp³-hybridized carbons (Fsp3) is 0.316. The van der Waals surface area contributed by atoms with E-state index in [0.29, 0.717) is 12.2 Å². The average molecular weight is 408 g/mol. The van der Waals surface area contributed by atoms with E-state index in [0.717, 1.165) is 24.9 Å². The van der Waals surface area contributed by atoms with Crippen LogP contribution in [0.15, 0.2) is 42.5 Å². The first-order valence-corrected chi connectivity index (χ1v) is 11.0. The Morgan fingerprint density at radius 2 is 1.78 bits per heavy atom. The summed E-state index contributed by atoms with van der Waals surface area (Å²) < 4.78 is 25.0. The molecule has 6 nitrogen and oxygen atoms in total. The molecule has 2 N–H and O–H groups in total. The van der Waals surface area contributed by atoms with Gasteiger partial charge >= 0.3 is 0 Å². The first-order valence-electron chi connectivity index (χ1n) is 8.71. The minimum absolute atomic E-state index is 0.221. The number of hydrogen-bond acceptors (Lipinski definition) is 4. The second-order valence-electron chi connectivity index (χ2n) is 6.61. The van der Waals surface area contributed by atoms with E-state index in [4.69, 9.17) is 11.6 Å². The van der Waals surface area contributed by atoms with Crippen LogP contribution in [0.25, 0.3) is 0 Å². The lowest BCUT2D eigenvalue weighted by molar-refractivity contribution is 0.0951. The van der Waals surface area contributed by atoms with Crippen LogP contribution in [-0.4, -0.2) is 33.7 Å². The highest BCUT2D eigenvalue weighted by molar-refractivity contribution is 7.92. The molecule has 0 bridgehead atoms. The molecule has 144 valence electrons. The zero-order valence-electron chi connectivity index (χ0n) is 15.0. The Bertz CT molecular complexity index is 924. The minimum atomic E-state index is -3.43.